The highest BCUT2D eigenvalue weighted by Gasteiger charge is 2.17. The Kier molecular flexibility index (Phi) is 3.85. The van der Waals surface area contributed by atoms with Crippen molar-refractivity contribution >= 4 is 23.1 Å². The van der Waals surface area contributed by atoms with Crippen LogP contribution in [0.1, 0.15) is 6.92 Å². The van der Waals surface area contributed by atoms with Crippen LogP contribution in [0.15, 0.2) is 40.3 Å². The fraction of sp³-hybridized carbons (Fsp3) is 0.0833. The van der Waals surface area contributed by atoms with E-state index in [1.807, 2.05) is 0 Å². The van der Waals surface area contributed by atoms with E-state index in [0.717, 1.165) is 6.92 Å². The Morgan fingerprint density at radius 2 is 2.20 bits per heavy atom. The van der Waals surface area contributed by atoms with Crippen LogP contribution in [0.2, 0.25) is 0 Å². The minimum atomic E-state index is -0.801. The molecule has 8 heteroatoms. The maximum absolute atomic E-state index is 11.7. The predicted octanol–water partition coefficient (Wildman–Crippen LogP) is 1.09. The van der Waals surface area contributed by atoms with E-state index in [1.54, 1.807) is 24.3 Å². The van der Waals surface area contributed by atoms with Gasteiger partial charge < -0.3 is 15.0 Å². The lowest BCUT2D eigenvalue weighted by Gasteiger charge is -2.05. The van der Waals surface area contributed by atoms with Crippen LogP contribution in [0.25, 0.3) is 11.4 Å². The van der Waals surface area contributed by atoms with Crippen LogP contribution < -0.4 is 5.32 Å². The number of oxime groups is 1. The Labute approximate surface area is 113 Å². The molecule has 2 N–H and O–H groups in total. The Morgan fingerprint density at radius 3 is 2.80 bits per heavy atom. The number of carbonyl (C=O) groups is 2. The number of hydrogen-bond acceptors (Lipinski definition) is 7. The lowest BCUT2D eigenvalue weighted by molar-refractivity contribution is -0.114. The zero-order valence-electron chi connectivity index (χ0n) is 10.4. The third-order valence-corrected chi connectivity index (χ3v) is 2.39. The second-order valence-electron chi connectivity index (χ2n) is 3.79. The van der Waals surface area contributed by atoms with Gasteiger partial charge in [0.25, 0.3) is 5.91 Å². The molecule has 0 bridgehead atoms. The van der Waals surface area contributed by atoms with Gasteiger partial charge in [0.05, 0.1) is 0 Å². The van der Waals surface area contributed by atoms with Gasteiger partial charge in [0.1, 0.15) is 0 Å². The minimum absolute atomic E-state index is 0.365. The molecule has 0 aliphatic rings. The predicted molar refractivity (Wildman–Crippen MR) is 68.3 cm³/mol. The lowest BCUT2D eigenvalue weighted by Crippen LogP contribution is -2.28. The SMILES string of the molecule is CC(=O)C(=NO)C(=O)Nc1cccc(-c2ncon2)c1. The number of rotatable bonds is 4. The van der Waals surface area contributed by atoms with E-state index in [-0.39, 0.29) is 0 Å². The van der Waals surface area contributed by atoms with Crippen LogP contribution in [0.5, 0.6) is 0 Å². The molecule has 1 amide bonds. The number of aromatic nitrogens is 2. The number of carbonyl (C=O) groups excluding carboxylic acids is 2. The lowest BCUT2D eigenvalue weighted by atomic mass is 10.2. The van der Waals surface area contributed by atoms with Crippen LogP contribution in [0, 0.1) is 0 Å². The van der Waals surface area contributed by atoms with Crippen LogP contribution in [-0.4, -0.2) is 32.8 Å². The molecule has 1 aromatic heterocycles. The van der Waals surface area contributed by atoms with Gasteiger partial charge in [-0.05, 0) is 12.1 Å². The normalized spacial score (nSPS) is 11.2. The third kappa shape index (κ3) is 2.86. The van der Waals surface area contributed by atoms with E-state index in [0.29, 0.717) is 17.1 Å². The minimum Gasteiger partial charge on any atom is -0.410 e. The van der Waals surface area contributed by atoms with Crippen molar-refractivity contribution in [2.24, 2.45) is 5.16 Å². The summed E-state index contributed by atoms with van der Waals surface area (Å²) in [6.45, 7) is 1.13. The van der Waals surface area contributed by atoms with Crippen molar-refractivity contribution in [2.75, 3.05) is 5.32 Å². The highest BCUT2D eigenvalue weighted by Crippen LogP contribution is 2.19. The number of Topliss-reactive ketones (excluding diaryl/α,β-unsaturated/α-hetero) is 1. The summed E-state index contributed by atoms with van der Waals surface area (Å²) in [5.41, 5.74) is 0.455. The van der Waals surface area contributed by atoms with E-state index >= 15 is 0 Å². The summed E-state index contributed by atoms with van der Waals surface area (Å²) in [7, 11) is 0. The molecule has 2 rings (SSSR count). The first-order valence-electron chi connectivity index (χ1n) is 5.53. The smallest absolute Gasteiger partial charge is 0.281 e. The summed E-state index contributed by atoms with van der Waals surface area (Å²) in [5, 5.41) is 17.4. The van der Waals surface area contributed by atoms with Gasteiger partial charge in [-0.15, -0.1) is 0 Å². The molecule has 20 heavy (non-hydrogen) atoms. The molecule has 0 radical (unpaired) electrons. The summed E-state index contributed by atoms with van der Waals surface area (Å²) in [6, 6.07) is 6.60. The van der Waals surface area contributed by atoms with Crippen LogP contribution >= 0.6 is 0 Å². The highest BCUT2D eigenvalue weighted by atomic mass is 16.5. The fourth-order valence-electron chi connectivity index (χ4n) is 1.50. The van der Waals surface area contributed by atoms with Gasteiger partial charge in [0.15, 0.2) is 5.78 Å². The number of anilines is 1. The second kappa shape index (κ2) is 5.74. The first-order valence-corrected chi connectivity index (χ1v) is 5.53. The Morgan fingerprint density at radius 1 is 1.40 bits per heavy atom. The Balaban J connectivity index is 2.21. The zero-order valence-corrected chi connectivity index (χ0v) is 10.4. The van der Waals surface area contributed by atoms with Gasteiger partial charge in [0, 0.05) is 18.2 Å². The van der Waals surface area contributed by atoms with E-state index in [9.17, 15) is 9.59 Å². The number of ketones is 1. The molecule has 0 atom stereocenters. The third-order valence-electron chi connectivity index (χ3n) is 2.39. The molecular formula is C12H10N4O4. The van der Waals surface area contributed by atoms with Gasteiger partial charge in [0.2, 0.25) is 17.9 Å². The van der Waals surface area contributed by atoms with Gasteiger partial charge >= 0.3 is 0 Å². The molecule has 0 saturated heterocycles. The topological polar surface area (TPSA) is 118 Å². The molecule has 102 valence electrons. The van der Waals surface area contributed by atoms with Crippen molar-refractivity contribution in [3.8, 4) is 11.4 Å². The first-order chi connectivity index (χ1) is 9.61. The molecular weight excluding hydrogens is 264 g/mol. The van der Waals surface area contributed by atoms with Crippen LogP contribution in [0.4, 0.5) is 5.69 Å². The summed E-state index contributed by atoms with van der Waals surface area (Å²) in [4.78, 5) is 26.7. The Bertz CT molecular complexity index is 664. The average molecular weight is 274 g/mol. The van der Waals surface area contributed by atoms with Gasteiger partial charge in [-0.1, -0.05) is 22.4 Å². The average Bonchev–Trinajstić information content (AvgIpc) is 2.93. The summed E-state index contributed by atoms with van der Waals surface area (Å²) in [6.07, 6.45) is 1.19. The molecule has 0 aliphatic heterocycles. The van der Waals surface area contributed by atoms with Crippen LogP contribution in [0.3, 0.4) is 0 Å². The molecule has 0 unspecified atom stereocenters. The number of hydrogen-bond donors (Lipinski definition) is 2. The quantitative estimate of drug-likeness (QED) is 0.373. The van der Waals surface area contributed by atoms with Crippen molar-refractivity contribution in [3.05, 3.63) is 30.7 Å². The molecule has 0 spiro atoms. The fourth-order valence-corrected chi connectivity index (χ4v) is 1.50. The highest BCUT2D eigenvalue weighted by molar-refractivity contribution is 6.67. The van der Waals surface area contributed by atoms with Gasteiger partial charge in [-0.3, -0.25) is 9.59 Å². The van der Waals surface area contributed by atoms with E-state index in [1.165, 1.54) is 6.39 Å². The summed E-state index contributed by atoms with van der Waals surface area (Å²) in [5.74, 6) is -1.08. The molecule has 0 aliphatic carbocycles. The zero-order chi connectivity index (χ0) is 14.5. The summed E-state index contributed by atoms with van der Waals surface area (Å²) >= 11 is 0. The van der Waals surface area contributed by atoms with Crippen molar-refractivity contribution in [1.82, 2.24) is 10.1 Å². The van der Waals surface area contributed by atoms with E-state index < -0.39 is 17.4 Å². The monoisotopic (exact) mass is 274 g/mol. The van der Waals surface area contributed by atoms with Crippen molar-refractivity contribution in [3.63, 3.8) is 0 Å². The maximum atomic E-state index is 11.7. The van der Waals surface area contributed by atoms with Gasteiger partial charge in [-0.2, -0.15) is 4.98 Å². The molecule has 1 aromatic carbocycles. The molecule has 0 saturated carbocycles. The summed E-state index contributed by atoms with van der Waals surface area (Å²) < 4.78 is 4.63. The van der Waals surface area contributed by atoms with Crippen molar-refractivity contribution in [1.29, 1.82) is 0 Å². The van der Waals surface area contributed by atoms with Crippen molar-refractivity contribution in [2.45, 2.75) is 6.92 Å². The number of nitrogens with one attached hydrogen (secondary N) is 1. The van der Waals surface area contributed by atoms with Gasteiger partial charge in [-0.25, -0.2) is 0 Å². The maximum Gasteiger partial charge on any atom is 0.281 e. The Hall–Kier alpha value is -3.03. The molecule has 2 aromatic rings. The second-order valence-corrected chi connectivity index (χ2v) is 3.79. The van der Waals surface area contributed by atoms with E-state index in [2.05, 4.69) is 25.1 Å². The largest absolute Gasteiger partial charge is 0.410 e. The standard InChI is InChI=1S/C12H10N4O4/c1-7(17)10(15-19)12(18)14-9-4-2-3-8(5-9)11-13-6-20-16-11/h2-6,19H,1H3,(H,14,18). The number of amides is 1. The van der Waals surface area contributed by atoms with E-state index in [4.69, 9.17) is 5.21 Å². The molecule has 1 heterocycles. The molecule has 0 fully saturated rings. The number of nitrogens with zero attached hydrogens (tertiary/aromatic N) is 3. The molecule has 8 nitrogen and oxygen atoms in total. The number of benzene rings is 1. The first kappa shape index (κ1) is 13.4. The van der Waals surface area contributed by atoms with Crippen LogP contribution in [-0.2, 0) is 9.59 Å². The van der Waals surface area contributed by atoms with Crippen molar-refractivity contribution < 1.29 is 19.3 Å².